The first-order valence-electron chi connectivity index (χ1n) is 6.38. The summed E-state index contributed by atoms with van der Waals surface area (Å²) in [6.07, 6.45) is 0. The average molecular weight is 325 g/mol. The first kappa shape index (κ1) is 16.1. The number of ether oxygens (including phenoxy) is 2. The fourth-order valence-electron chi connectivity index (χ4n) is 1.95. The van der Waals surface area contributed by atoms with E-state index in [9.17, 15) is 12.8 Å². The van der Waals surface area contributed by atoms with Gasteiger partial charge in [-0.15, -0.1) is 0 Å². The van der Waals surface area contributed by atoms with Gasteiger partial charge < -0.3 is 9.47 Å². The van der Waals surface area contributed by atoms with Crippen LogP contribution in [0.15, 0.2) is 41.3 Å². The molecular formula is C15H16FNO4S. The van der Waals surface area contributed by atoms with Crippen LogP contribution in [0.5, 0.6) is 11.5 Å². The quantitative estimate of drug-likeness (QED) is 0.918. The molecule has 118 valence electrons. The van der Waals surface area contributed by atoms with Crippen LogP contribution in [0.4, 0.5) is 10.1 Å². The number of hydrogen-bond acceptors (Lipinski definition) is 4. The summed E-state index contributed by atoms with van der Waals surface area (Å²) in [6.45, 7) is 1.60. The fourth-order valence-corrected chi connectivity index (χ4v) is 3.27. The maximum Gasteiger partial charge on any atom is 0.262 e. The van der Waals surface area contributed by atoms with Gasteiger partial charge in [-0.1, -0.05) is 6.07 Å². The average Bonchev–Trinajstić information content (AvgIpc) is 2.49. The van der Waals surface area contributed by atoms with Gasteiger partial charge in [-0.25, -0.2) is 12.8 Å². The lowest BCUT2D eigenvalue weighted by atomic mass is 10.2. The first-order valence-corrected chi connectivity index (χ1v) is 7.86. The van der Waals surface area contributed by atoms with E-state index < -0.39 is 15.8 Å². The second-order valence-corrected chi connectivity index (χ2v) is 6.23. The molecule has 0 amide bonds. The molecule has 0 bridgehead atoms. The lowest BCUT2D eigenvalue weighted by Gasteiger charge is -2.14. The molecule has 2 aromatic rings. The van der Waals surface area contributed by atoms with Crippen LogP contribution in [0.3, 0.4) is 0 Å². The summed E-state index contributed by atoms with van der Waals surface area (Å²) in [5.74, 6) is 0.214. The van der Waals surface area contributed by atoms with Gasteiger partial charge >= 0.3 is 0 Å². The van der Waals surface area contributed by atoms with Crippen LogP contribution in [0.2, 0.25) is 0 Å². The number of aryl methyl sites for hydroxylation is 1. The highest BCUT2D eigenvalue weighted by Gasteiger charge is 2.19. The fraction of sp³-hybridized carbons (Fsp3) is 0.200. The van der Waals surface area contributed by atoms with Gasteiger partial charge in [0.1, 0.15) is 17.3 Å². The minimum atomic E-state index is -3.93. The highest BCUT2D eigenvalue weighted by atomic mass is 32.2. The van der Waals surface area contributed by atoms with E-state index in [-0.39, 0.29) is 10.6 Å². The normalized spacial score (nSPS) is 11.1. The van der Waals surface area contributed by atoms with Crippen molar-refractivity contribution in [1.82, 2.24) is 0 Å². The van der Waals surface area contributed by atoms with Crippen molar-refractivity contribution in [1.29, 1.82) is 0 Å². The minimum Gasteiger partial charge on any atom is -0.497 e. The van der Waals surface area contributed by atoms with E-state index in [4.69, 9.17) is 9.47 Å². The first-order chi connectivity index (χ1) is 10.4. The molecule has 0 aliphatic carbocycles. The van der Waals surface area contributed by atoms with Crippen LogP contribution in [0.1, 0.15) is 5.56 Å². The lowest BCUT2D eigenvalue weighted by Crippen LogP contribution is -2.15. The molecule has 0 aliphatic heterocycles. The van der Waals surface area contributed by atoms with Crippen LogP contribution in [0.25, 0.3) is 0 Å². The van der Waals surface area contributed by atoms with Gasteiger partial charge in [0.2, 0.25) is 0 Å². The molecule has 0 unspecified atom stereocenters. The second kappa shape index (κ2) is 6.23. The largest absolute Gasteiger partial charge is 0.497 e. The van der Waals surface area contributed by atoms with Crippen molar-refractivity contribution >= 4 is 15.7 Å². The molecule has 0 fully saturated rings. The van der Waals surface area contributed by atoms with E-state index in [1.54, 1.807) is 19.1 Å². The third kappa shape index (κ3) is 3.30. The molecule has 5 nitrogen and oxygen atoms in total. The molecule has 0 atom stereocenters. The molecule has 0 aromatic heterocycles. The van der Waals surface area contributed by atoms with Gasteiger partial charge in [-0.2, -0.15) is 0 Å². The van der Waals surface area contributed by atoms with Gasteiger partial charge in [-0.05, 0) is 36.8 Å². The molecule has 0 spiro atoms. The van der Waals surface area contributed by atoms with Gasteiger partial charge in [-0.3, -0.25) is 4.72 Å². The van der Waals surface area contributed by atoms with Gasteiger partial charge in [0, 0.05) is 6.07 Å². The molecule has 0 heterocycles. The monoisotopic (exact) mass is 325 g/mol. The van der Waals surface area contributed by atoms with E-state index in [0.717, 1.165) is 6.07 Å². The zero-order valence-electron chi connectivity index (χ0n) is 12.4. The Labute approximate surface area is 128 Å². The predicted octanol–water partition coefficient (Wildman–Crippen LogP) is 2.95. The van der Waals surface area contributed by atoms with Gasteiger partial charge in [0.25, 0.3) is 10.0 Å². The van der Waals surface area contributed by atoms with Gasteiger partial charge in [0.15, 0.2) is 0 Å². The van der Waals surface area contributed by atoms with Crippen LogP contribution < -0.4 is 14.2 Å². The Hall–Kier alpha value is -2.28. The summed E-state index contributed by atoms with van der Waals surface area (Å²) in [4.78, 5) is -0.120. The van der Waals surface area contributed by atoms with E-state index in [1.165, 1.54) is 32.4 Å². The number of sulfonamides is 1. The summed E-state index contributed by atoms with van der Waals surface area (Å²) in [6, 6.07) is 8.27. The number of nitrogens with one attached hydrogen (secondary N) is 1. The number of hydrogen-bond donors (Lipinski definition) is 1. The standard InChI is InChI=1S/C15H16FNO4S/c1-10-4-5-11(16)8-15(10)22(18,19)17-13-7-6-12(20-2)9-14(13)21-3/h4-9,17H,1-3H3. The van der Waals surface area contributed by atoms with Gasteiger partial charge in [0.05, 0.1) is 24.8 Å². The topological polar surface area (TPSA) is 64.6 Å². The Morgan fingerprint density at radius 1 is 1.05 bits per heavy atom. The smallest absolute Gasteiger partial charge is 0.262 e. The summed E-state index contributed by atoms with van der Waals surface area (Å²) in [5.41, 5.74) is 0.688. The third-order valence-electron chi connectivity index (χ3n) is 3.09. The van der Waals surface area contributed by atoms with E-state index in [2.05, 4.69) is 4.72 Å². The van der Waals surface area contributed by atoms with Crippen LogP contribution >= 0.6 is 0 Å². The van der Waals surface area contributed by atoms with Crippen LogP contribution in [0, 0.1) is 12.7 Å². The second-order valence-electron chi connectivity index (χ2n) is 4.58. The van der Waals surface area contributed by atoms with Crippen LogP contribution in [-0.2, 0) is 10.0 Å². The molecule has 2 aromatic carbocycles. The Bertz CT molecular complexity index is 790. The Morgan fingerprint density at radius 3 is 2.41 bits per heavy atom. The summed E-state index contributed by atoms with van der Waals surface area (Å²) >= 11 is 0. The maximum absolute atomic E-state index is 13.3. The van der Waals surface area contributed by atoms with E-state index in [0.29, 0.717) is 17.1 Å². The van der Waals surface area contributed by atoms with Crippen molar-refractivity contribution in [3.63, 3.8) is 0 Å². The third-order valence-corrected chi connectivity index (χ3v) is 4.60. The molecule has 22 heavy (non-hydrogen) atoms. The molecule has 7 heteroatoms. The summed E-state index contributed by atoms with van der Waals surface area (Å²) in [7, 11) is -1.02. The van der Waals surface area contributed by atoms with Crippen molar-refractivity contribution in [3.8, 4) is 11.5 Å². The Kier molecular flexibility index (Phi) is 4.56. The molecular weight excluding hydrogens is 309 g/mol. The summed E-state index contributed by atoms with van der Waals surface area (Å²) in [5, 5.41) is 0. The minimum absolute atomic E-state index is 0.120. The van der Waals surface area contributed by atoms with E-state index in [1.807, 2.05) is 0 Å². The van der Waals surface area contributed by atoms with Crippen molar-refractivity contribution < 1.29 is 22.3 Å². The zero-order chi connectivity index (χ0) is 16.3. The number of benzene rings is 2. The molecule has 0 saturated heterocycles. The Balaban J connectivity index is 2.43. The number of anilines is 1. The predicted molar refractivity (Wildman–Crippen MR) is 81.5 cm³/mol. The number of halogens is 1. The number of rotatable bonds is 5. The molecule has 0 radical (unpaired) electrons. The Morgan fingerprint density at radius 2 is 1.77 bits per heavy atom. The van der Waals surface area contributed by atoms with Crippen molar-refractivity contribution in [2.24, 2.45) is 0 Å². The molecule has 2 rings (SSSR count). The SMILES string of the molecule is COc1ccc(NS(=O)(=O)c2cc(F)ccc2C)c(OC)c1. The highest BCUT2D eigenvalue weighted by molar-refractivity contribution is 7.92. The van der Waals surface area contributed by atoms with Crippen molar-refractivity contribution in [2.45, 2.75) is 11.8 Å². The molecule has 0 saturated carbocycles. The van der Waals surface area contributed by atoms with Crippen LogP contribution in [-0.4, -0.2) is 22.6 Å². The zero-order valence-corrected chi connectivity index (χ0v) is 13.2. The molecule has 0 aliphatic rings. The summed E-state index contributed by atoms with van der Waals surface area (Å²) < 4.78 is 50.8. The molecule has 1 N–H and O–H groups in total. The maximum atomic E-state index is 13.3. The highest BCUT2D eigenvalue weighted by Crippen LogP contribution is 2.31. The van der Waals surface area contributed by atoms with Crippen molar-refractivity contribution in [2.75, 3.05) is 18.9 Å². The van der Waals surface area contributed by atoms with Crippen molar-refractivity contribution in [3.05, 3.63) is 47.8 Å². The van der Waals surface area contributed by atoms with E-state index >= 15 is 0 Å². The number of methoxy groups -OCH3 is 2. The lowest BCUT2D eigenvalue weighted by molar-refractivity contribution is 0.395.